The largest absolute Gasteiger partial charge is 1.00 e. The Labute approximate surface area is 149 Å². The van der Waals surface area contributed by atoms with Gasteiger partial charge in [-0.25, -0.2) is 21.6 Å². The monoisotopic (exact) mass is 357 g/mol. The summed E-state index contributed by atoms with van der Waals surface area (Å²) in [6, 6.07) is 5.82. The number of aromatic hydroxyl groups is 1. The minimum absolute atomic E-state index is 0. The van der Waals surface area contributed by atoms with Gasteiger partial charge in [0.2, 0.25) is 10.0 Å². The van der Waals surface area contributed by atoms with Crippen molar-refractivity contribution in [2.24, 2.45) is 0 Å². The minimum atomic E-state index is -4.78. The molecule has 4 N–H and O–H groups in total. The minimum Gasteiger partial charge on any atom is -0.744 e. The van der Waals surface area contributed by atoms with Gasteiger partial charge in [-0.1, -0.05) is 12.1 Å². The molecule has 0 saturated carbocycles. The first-order valence-electron chi connectivity index (χ1n) is 5.32. The third kappa shape index (κ3) is 3.97. The van der Waals surface area contributed by atoms with Crippen LogP contribution in [0.25, 0.3) is 10.8 Å². The van der Waals surface area contributed by atoms with Crippen molar-refractivity contribution < 1.29 is 61.5 Å². The van der Waals surface area contributed by atoms with Crippen LogP contribution in [0.15, 0.2) is 40.1 Å². The van der Waals surface area contributed by atoms with Crippen molar-refractivity contribution in [2.45, 2.75) is 9.79 Å². The fourth-order valence-electron chi connectivity index (χ4n) is 1.83. The van der Waals surface area contributed by atoms with Crippen molar-refractivity contribution in [3.8, 4) is 5.75 Å². The molecule has 0 unspecified atom stereocenters. The van der Waals surface area contributed by atoms with E-state index in [1.54, 1.807) is 0 Å². The zero-order valence-electron chi connectivity index (χ0n) is 11.7. The SMILES string of the molecule is CNS(=O)(=O)c1cc(O)c2c(S(=O)(=O)[O-])cccc2c1.O.[Na+]. The molecule has 0 fully saturated rings. The van der Waals surface area contributed by atoms with E-state index in [9.17, 15) is 26.5 Å². The van der Waals surface area contributed by atoms with Crippen molar-refractivity contribution in [3.63, 3.8) is 0 Å². The third-order valence-corrected chi connectivity index (χ3v) is 5.01. The van der Waals surface area contributed by atoms with E-state index in [4.69, 9.17) is 0 Å². The maximum Gasteiger partial charge on any atom is 1.00 e. The molecular formula is C11H12NNaO7S2. The summed E-state index contributed by atoms with van der Waals surface area (Å²) in [7, 11) is -7.38. The van der Waals surface area contributed by atoms with E-state index in [2.05, 4.69) is 4.72 Å². The zero-order chi connectivity index (χ0) is 15.1. The van der Waals surface area contributed by atoms with Crippen LogP contribution in [0.4, 0.5) is 0 Å². The molecular weight excluding hydrogens is 345 g/mol. The normalized spacial score (nSPS) is 11.5. The Morgan fingerprint density at radius 1 is 1.14 bits per heavy atom. The van der Waals surface area contributed by atoms with Gasteiger partial charge in [0, 0.05) is 11.5 Å². The fourth-order valence-corrected chi connectivity index (χ4v) is 3.33. The Hall–Kier alpha value is -0.720. The first-order chi connectivity index (χ1) is 9.16. The van der Waals surface area contributed by atoms with E-state index in [0.29, 0.717) is 0 Å². The van der Waals surface area contributed by atoms with Gasteiger partial charge in [-0.2, -0.15) is 0 Å². The van der Waals surface area contributed by atoms with Crippen LogP contribution in [-0.2, 0) is 20.1 Å². The molecule has 0 radical (unpaired) electrons. The topological polar surface area (TPSA) is 155 Å². The summed E-state index contributed by atoms with van der Waals surface area (Å²) in [5.41, 5.74) is 0. The summed E-state index contributed by atoms with van der Waals surface area (Å²) in [6.07, 6.45) is 0. The average molecular weight is 357 g/mol. The number of phenolic OH excluding ortho intramolecular Hbond substituents is 1. The second-order valence-corrected chi connectivity index (χ2v) is 7.19. The van der Waals surface area contributed by atoms with Gasteiger partial charge in [-0.15, -0.1) is 0 Å². The zero-order valence-corrected chi connectivity index (χ0v) is 15.3. The maximum atomic E-state index is 11.7. The third-order valence-electron chi connectivity index (χ3n) is 2.74. The second kappa shape index (κ2) is 7.23. The van der Waals surface area contributed by atoms with Crippen molar-refractivity contribution in [3.05, 3.63) is 30.3 Å². The smallest absolute Gasteiger partial charge is 0.744 e. The summed E-state index contributed by atoms with van der Waals surface area (Å²) in [6.45, 7) is 0. The Morgan fingerprint density at radius 3 is 2.23 bits per heavy atom. The summed E-state index contributed by atoms with van der Waals surface area (Å²) in [5, 5.41) is 9.80. The summed E-state index contributed by atoms with van der Waals surface area (Å²) >= 11 is 0. The van der Waals surface area contributed by atoms with E-state index in [0.717, 1.165) is 12.1 Å². The molecule has 0 aliphatic heterocycles. The molecule has 0 bridgehead atoms. The van der Waals surface area contributed by atoms with Gasteiger partial charge < -0.3 is 15.1 Å². The summed E-state index contributed by atoms with van der Waals surface area (Å²) in [4.78, 5) is -0.827. The van der Waals surface area contributed by atoms with Crippen molar-refractivity contribution >= 4 is 30.9 Å². The van der Waals surface area contributed by atoms with Gasteiger partial charge >= 0.3 is 29.6 Å². The molecule has 0 spiro atoms. The van der Waals surface area contributed by atoms with Crippen LogP contribution in [0.1, 0.15) is 0 Å². The molecule has 2 aromatic carbocycles. The first kappa shape index (κ1) is 21.3. The van der Waals surface area contributed by atoms with Crippen LogP contribution < -0.4 is 34.3 Å². The van der Waals surface area contributed by atoms with Crippen molar-refractivity contribution in [1.29, 1.82) is 0 Å². The van der Waals surface area contributed by atoms with E-state index in [1.165, 1.54) is 25.2 Å². The standard InChI is InChI=1S/C11H11NO6S2.Na.H2O/c1-12-19(14,15)8-5-7-3-2-4-10(20(16,17)18)11(7)9(13)6-8;;/h2-6,12-13H,1H3,(H,16,17,18);;1H2/q;+1;/p-1. The van der Waals surface area contributed by atoms with Crippen LogP contribution in [0.2, 0.25) is 0 Å². The predicted molar refractivity (Wildman–Crippen MR) is 73.4 cm³/mol. The van der Waals surface area contributed by atoms with Gasteiger partial charge in [0.05, 0.1) is 9.79 Å². The molecule has 0 aliphatic carbocycles. The molecule has 116 valence electrons. The number of hydrogen-bond donors (Lipinski definition) is 2. The quantitative estimate of drug-likeness (QED) is 0.430. The number of sulfonamides is 1. The van der Waals surface area contributed by atoms with E-state index in [-0.39, 0.29) is 50.7 Å². The first-order valence-corrected chi connectivity index (χ1v) is 8.21. The molecule has 0 heterocycles. The van der Waals surface area contributed by atoms with Crippen LogP contribution in [0.3, 0.4) is 0 Å². The fraction of sp³-hybridized carbons (Fsp3) is 0.0909. The van der Waals surface area contributed by atoms with E-state index < -0.39 is 30.8 Å². The van der Waals surface area contributed by atoms with Gasteiger partial charge in [-0.05, 0) is 24.6 Å². The van der Waals surface area contributed by atoms with E-state index >= 15 is 0 Å². The van der Waals surface area contributed by atoms with Gasteiger partial charge in [0.15, 0.2) is 0 Å². The number of fused-ring (bicyclic) bond motifs is 1. The van der Waals surface area contributed by atoms with Gasteiger partial charge in [0.25, 0.3) is 0 Å². The number of hydrogen-bond acceptors (Lipinski definition) is 6. The Balaban J connectivity index is 0.00000220. The molecule has 0 saturated heterocycles. The average Bonchev–Trinajstić information content (AvgIpc) is 2.36. The number of benzene rings is 2. The molecule has 2 aromatic rings. The summed E-state index contributed by atoms with van der Waals surface area (Å²) < 4.78 is 58.8. The molecule has 0 aromatic heterocycles. The van der Waals surface area contributed by atoms with Crippen molar-refractivity contribution in [1.82, 2.24) is 4.72 Å². The van der Waals surface area contributed by atoms with Crippen LogP contribution in [0.5, 0.6) is 5.75 Å². The van der Waals surface area contributed by atoms with Crippen LogP contribution in [-0.4, -0.2) is 39.0 Å². The Morgan fingerprint density at radius 2 is 1.73 bits per heavy atom. The van der Waals surface area contributed by atoms with Gasteiger partial charge in [0.1, 0.15) is 15.9 Å². The number of rotatable bonds is 3. The number of phenols is 1. The Kier molecular flexibility index (Phi) is 7.00. The van der Waals surface area contributed by atoms with Gasteiger partial charge in [-0.3, -0.25) is 0 Å². The van der Waals surface area contributed by atoms with Crippen molar-refractivity contribution in [2.75, 3.05) is 7.05 Å². The maximum absolute atomic E-state index is 11.7. The summed E-state index contributed by atoms with van der Waals surface area (Å²) in [5.74, 6) is -0.591. The number of nitrogens with one attached hydrogen (secondary N) is 1. The molecule has 8 nitrogen and oxygen atoms in total. The van der Waals surface area contributed by atoms with Crippen LogP contribution >= 0.6 is 0 Å². The molecule has 22 heavy (non-hydrogen) atoms. The van der Waals surface area contributed by atoms with E-state index in [1.807, 2.05) is 0 Å². The Bertz CT molecular complexity index is 894. The molecule has 11 heteroatoms. The molecule has 0 atom stereocenters. The molecule has 0 aliphatic rings. The molecule has 2 rings (SSSR count). The molecule has 0 amide bonds. The van der Waals surface area contributed by atoms with Crippen LogP contribution in [0, 0.1) is 0 Å². The predicted octanol–water partition coefficient (Wildman–Crippen LogP) is -3.46. The second-order valence-electron chi connectivity index (χ2n) is 3.96.